The molecule has 0 fully saturated rings. The van der Waals surface area contributed by atoms with Gasteiger partial charge >= 0.3 is 5.97 Å². The number of nitrogens with zero attached hydrogens (tertiary/aromatic N) is 7. The molecule has 5 aromatic heterocycles. The van der Waals surface area contributed by atoms with Gasteiger partial charge in [0.1, 0.15) is 23.1 Å². The van der Waals surface area contributed by atoms with Crippen LogP contribution in [0.3, 0.4) is 0 Å². The van der Waals surface area contributed by atoms with E-state index in [1.165, 1.54) is 74.2 Å². The zero-order valence-corrected chi connectivity index (χ0v) is 72.0. The number of carbonyl (C=O) groups excluding carboxylic acids is 1. The van der Waals surface area contributed by atoms with Crippen LogP contribution in [0.1, 0.15) is 93.7 Å². The van der Waals surface area contributed by atoms with E-state index in [0.29, 0.717) is 17.0 Å². The normalized spacial score (nSPS) is 11.4. The molecule has 0 saturated carbocycles. The SMILES string of the molecule is CC(C)(C)C(=O)C=C(O)C(C)(C)C.CC1(C)c2cc(/C=C/c3ccc(N(c4ccccc4)c4ccccc4)cc3)ccc2-c2ccc(N(c3ccccc3)c3ccccc3)cc21.Fc1c[c-]c(-c2ccccn2)c(F)c1.Fc1cnc(-n2[c-]ccc2)c(F)c1.O=C(O)c1ccccn1.OCc1ccnc(-c2[c-]cc(F)cc2F)c1.[Ir].[Ir].[Ir]. The molecule has 3 radical (unpaired) electrons. The van der Waals surface area contributed by atoms with Gasteiger partial charge in [-0.2, -0.15) is 6.07 Å². The Kier molecular flexibility index (Phi) is 34.3. The maximum absolute atomic E-state index is 13.4. The Morgan fingerprint density at radius 3 is 1.37 bits per heavy atom. The van der Waals surface area contributed by atoms with Gasteiger partial charge in [0.2, 0.25) is 0 Å². The molecule has 9 aromatic carbocycles. The van der Waals surface area contributed by atoms with Gasteiger partial charge in [0.05, 0.1) is 18.6 Å². The number of hydrogen-bond donors (Lipinski definition) is 3. The van der Waals surface area contributed by atoms with Crippen molar-refractivity contribution in [3.05, 3.63) is 403 Å². The Morgan fingerprint density at radius 2 is 0.915 bits per heavy atom. The Labute approximate surface area is 718 Å². The quantitative estimate of drug-likeness (QED) is 0.0313. The number of aromatic carboxylic acids is 1. The molecule has 1 aliphatic rings. The first-order valence-corrected chi connectivity index (χ1v) is 36.2. The molecule has 0 unspecified atom stereocenters. The third kappa shape index (κ3) is 25.4. The van der Waals surface area contributed by atoms with Crippen molar-refractivity contribution in [2.75, 3.05) is 9.80 Å². The largest absolute Gasteiger partial charge is 0.512 e. The summed E-state index contributed by atoms with van der Waals surface area (Å²) in [7, 11) is 0. The second-order valence-corrected chi connectivity index (χ2v) is 28.5. The molecule has 117 heavy (non-hydrogen) atoms. The van der Waals surface area contributed by atoms with E-state index in [0.717, 1.165) is 65.0 Å². The molecule has 0 bridgehead atoms. The second kappa shape index (κ2) is 43.4. The van der Waals surface area contributed by atoms with E-state index in [4.69, 9.17) is 10.2 Å². The summed E-state index contributed by atoms with van der Waals surface area (Å²) in [6.45, 7) is 15.7. The van der Waals surface area contributed by atoms with Gasteiger partial charge in [0.15, 0.2) is 5.78 Å². The van der Waals surface area contributed by atoms with Crippen LogP contribution in [0.2, 0.25) is 0 Å². The van der Waals surface area contributed by atoms with Gasteiger partial charge in [-0.05, 0) is 147 Å². The minimum absolute atomic E-state index is 0. The van der Waals surface area contributed by atoms with Crippen molar-refractivity contribution >= 4 is 58.0 Å². The Bertz CT molecular complexity index is 5500. The summed E-state index contributed by atoms with van der Waals surface area (Å²) in [5.74, 6) is -4.91. The number of aromatic nitrogens is 5. The number of benzene rings is 9. The number of allylic oxidation sites excluding steroid dienone is 2. The number of carbonyl (C=O) groups is 2. The van der Waals surface area contributed by atoms with E-state index in [2.05, 4.69) is 256 Å². The number of anilines is 6. The Hall–Kier alpha value is -11.6. The van der Waals surface area contributed by atoms with E-state index in [1.807, 2.05) is 41.5 Å². The number of ketones is 1. The number of fused-ring (bicyclic) bond motifs is 3. The molecule has 0 spiro atoms. The fourth-order valence-electron chi connectivity index (χ4n) is 11.7. The van der Waals surface area contributed by atoms with Gasteiger partial charge in [-0.15, -0.1) is 36.5 Å². The average molecular weight is 2100 g/mol. The van der Waals surface area contributed by atoms with Crippen molar-refractivity contribution < 1.29 is 112 Å². The molecule has 1 aliphatic carbocycles. The average Bonchev–Trinajstić information content (AvgIpc) is 1.58. The van der Waals surface area contributed by atoms with E-state index < -0.39 is 46.3 Å². The predicted octanol–water partition coefficient (Wildman–Crippen LogP) is 24.1. The monoisotopic (exact) mass is 2110 g/mol. The van der Waals surface area contributed by atoms with Crippen molar-refractivity contribution in [2.24, 2.45) is 10.8 Å². The molecule has 12 nitrogen and oxygen atoms in total. The van der Waals surface area contributed by atoms with E-state index in [-0.39, 0.29) is 112 Å². The van der Waals surface area contributed by atoms with Crippen LogP contribution in [0, 0.1) is 64.1 Å². The number of rotatable bonds is 14. The molecular formula is C96H82F6Ir3N7O5-3. The zero-order chi connectivity index (χ0) is 81.5. The number of hydrogen-bond acceptors (Lipinski definition) is 10. The smallest absolute Gasteiger partial charge is 0.354 e. The summed E-state index contributed by atoms with van der Waals surface area (Å²) in [4.78, 5) is 41.3. The van der Waals surface area contributed by atoms with Crippen LogP contribution >= 0.6 is 0 Å². The number of aliphatic hydroxyl groups excluding tert-OH is 2. The number of pyridine rings is 4. The maximum Gasteiger partial charge on any atom is 0.354 e. The number of carboxylic acids is 1. The fourth-order valence-corrected chi connectivity index (χ4v) is 11.7. The van der Waals surface area contributed by atoms with Crippen LogP contribution in [0.4, 0.5) is 60.5 Å². The first-order chi connectivity index (χ1) is 54.7. The molecular weight excluding hydrogens is 2020 g/mol. The summed E-state index contributed by atoms with van der Waals surface area (Å²) in [6, 6.07) is 90.8. The fraction of sp³-hybridized carbons (Fsp3) is 0.125. The van der Waals surface area contributed by atoms with Gasteiger partial charge in [0.25, 0.3) is 0 Å². The van der Waals surface area contributed by atoms with E-state index >= 15 is 0 Å². The third-order valence-electron chi connectivity index (χ3n) is 17.7. The van der Waals surface area contributed by atoms with Crippen molar-refractivity contribution in [3.63, 3.8) is 0 Å². The van der Waals surface area contributed by atoms with Crippen LogP contribution in [0.25, 0.3) is 51.6 Å². The number of halogens is 6. The molecule has 3 N–H and O–H groups in total. The summed E-state index contributed by atoms with van der Waals surface area (Å²) in [5, 5.41) is 26.8. The topological polar surface area (TPSA) is 158 Å². The molecule has 0 amide bonds. The van der Waals surface area contributed by atoms with Gasteiger partial charge in [0, 0.05) is 165 Å². The van der Waals surface area contributed by atoms with E-state index in [9.17, 15) is 41.0 Å². The number of aliphatic hydroxyl groups is 2. The molecule has 15 rings (SSSR count). The Balaban J connectivity index is 0.000000226. The summed E-state index contributed by atoms with van der Waals surface area (Å²) >= 11 is 0. The molecule has 21 heteroatoms. The van der Waals surface area contributed by atoms with Crippen molar-refractivity contribution in [1.29, 1.82) is 0 Å². The van der Waals surface area contributed by atoms with E-state index in [1.54, 1.807) is 60.9 Å². The van der Waals surface area contributed by atoms with Crippen molar-refractivity contribution in [3.8, 4) is 39.5 Å². The van der Waals surface area contributed by atoms with Crippen molar-refractivity contribution in [1.82, 2.24) is 24.5 Å². The second-order valence-electron chi connectivity index (χ2n) is 28.5. The van der Waals surface area contributed by atoms with Crippen molar-refractivity contribution in [2.45, 2.75) is 67.4 Å². The van der Waals surface area contributed by atoms with Crippen LogP contribution < -0.4 is 9.80 Å². The van der Waals surface area contributed by atoms with Gasteiger partial charge in [-0.1, -0.05) is 230 Å². The molecule has 0 aliphatic heterocycles. The Morgan fingerprint density at radius 1 is 0.462 bits per heavy atom. The van der Waals surface area contributed by atoms with Crippen LogP contribution in [-0.4, -0.2) is 51.6 Å². The first-order valence-electron chi connectivity index (χ1n) is 36.2. The van der Waals surface area contributed by atoms with Crippen LogP contribution in [-0.2, 0) is 77.1 Å². The summed E-state index contributed by atoms with van der Waals surface area (Å²) < 4.78 is 78.8. The van der Waals surface area contributed by atoms with Gasteiger partial charge in [-0.3, -0.25) is 27.3 Å². The predicted molar refractivity (Wildman–Crippen MR) is 440 cm³/mol. The van der Waals surface area contributed by atoms with Gasteiger partial charge in [-0.25, -0.2) is 18.6 Å². The number of carboxylic acid groups (broad SMARTS) is 1. The summed E-state index contributed by atoms with van der Waals surface area (Å²) in [6.07, 6.45) is 15.5. The zero-order valence-electron chi connectivity index (χ0n) is 64.9. The minimum Gasteiger partial charge on any atom is -0.512 e. The number of para-hydroxylation sites is 4. The maximum atomic E-state index is 13.4. The third-order valence-corrected chi connectivity index (χ3v) is 17.7. The molecule has 603 valence electrons. The minimum atomic E-state index is -0.990. The standard InChI is InChI=1S/C47H38N2.C12H8F2NO.C11H6F2N.C11H20O2.C9H5F2N2.C6H5NO2.3Ir/c1-47(2)45-33-36(24-23-35-25-28-41(29-26-35)48(37-15-7-3-8-16-37)38-17-9-4-10-18-38)27-31-43(45)44-32-30-42(34-46(44)47)49(39-19-11-5-12-20-39)40-21-13-6-14-22-40;13-9-1-2-10(11(14)6-9)12-5-8(7-16)3-4-15-12;12-8-4-5-9(10(13)7-8)11-3-1-2-6-14-11;1-10(2,3)8(12)7-9(13)11(4,5)6;10-7-5-8(11)9(12-6-7)13-3-1-2-4-13;8-6(9)5-3-1-2-4-7-5;;;/h3-34H,1-2H3;1,3-6,16H,7H2;1-4,6-7H;7,12H,1-6H3;1-3,5-6H;1-4H,(H,8,9);;;/q;2*-1;;-1;;;;/b24-23+;;;;;;;;. The first kappa shape index (κ1) is 92.5. The molecule has 0 atom stereocenters. The summed E-state index contributed by atoms with van der Waals surface area (Å²) in [5.41, 5.74) is 15.4. The van der Waals surface area contributed by atoms with Crippen LogP contribution in [0.5, 0.6) is 0 Å². The molecule has 14 aromatic rings. The van der Waals surface area contributed by atoms with Crippen LogP contribution in [0.15, 0.2) is 316 Å². The molecule has 0 saturated heterocycles. The molecule has 5 heterocycles. The van der Waals surface area contributed by atoms with Gasteiger partial charge < -0.3 is 39.7 Å².